The minimum atomic E-state index is -0.172. The van der Waals surface area contributed by atoms with Crippen molar-refractivity contribution >= 4 is 17.2 Å². The van der Waals surface area contributed by atoms with Gasteiger partial charge in [-0.25, -0.2) is 4.98 Å². The van der Waals surface area contributed by atoms with Gasteiger partial charge in [0, 0.05) is 23.5 Å². The van der Waals surface area contributed by atoms with Crippen molar-refractivity contribution in [3.8, 4) is 22.6 Å². The molecule has 0 atom stereocenters. The maximum atomic E-state index is 12.6. The number of hydrogen-bond donors (Lipinski definition) is 0. The van der Waals surface area contributed by atoms with Crippen molar-refractivity contribution in [2.24, 2.45) is 0 Å². The predicted molar refractivity (Wildman–Crippen MR) is 85.0 cm³/mol. The zero-order chi connectivity index (χ0) is 15.7. The molecular formula is C16H13ClN2O3. The molecule has 3 rings (SSSR count). The molecule has 0 amide bonds. The summed E-state index contributed by atoms with van der Waals surface area (Å²) < 4.78 is 11.9. The molecule has 0 aliphatic carbocycles. The maximum absolute atomic E-state index is 12.6. The molecule has 6 heteroatoms. The monoisotopic (exact) mass is 316 g/mol. The third kappa shape index (κ3) is 2.40. The summed E-state index contributed by atoms with van der Waals surface area (Å²) in [5, 5.41) is 0.533. The average molecular weight is 317 g/mol. The molecule has 0 aliphatic heterocycles. The van der Waals surface area contributed by atoms with Crippen molar-refractivity contribution in [2.75, 3.05) is 14.2 Å². The van der Waals surface area contributed by atoms with E-state index in [2.05, 4.69) is 4.98 Å². The van der Waals surface area contributed by atoms with Gasteiger partial charge in [-0.05, 0) is 23.8 Å². The van der Waals surface area contributed by atoms with E-state index in [-0.39, 0.29) is 5.56 Å². The van der Waals surface area contributed by atoms with Gasteiger partial charge in [-0.15, -0.1) is 0 Å². The standard InChI is InChI=1S/C16H13ClN2O3/c1-21-13-4-3-10(7-14(13)22-2)12-9-18-15-8-11(17)5-6-19(15)16(12)20/h3-9H,1-2H3. The SMILES string of the molecule is COc1ccc(-c2cnc3cc(Cl)ccn3c2=O)cc1OC. The van der Waals surface area contributed by atoms with Crippen molar-refractivity contribution < 1.29 is 9.47 Å². The highest BCUT2D eigenvalue weighted by molar-refractivity contribution is 6.30. The lowest BCUT2D eigenvalue weighted by atomic mass is 10.1. The third-order valence-corrected chi connectivity index (χ3v) is 3.60. The Labute approximate surface area is 131 Å². The van der Waals surface area contributed by atoms with Crippen LogP contribution in [0, 0.1) is 0 Å². The molecule has 2 heterocycles. The van der Waals surface area contributed by atoms with Crippen molar-refractivity contribution in [2.45, 2.75) is 0 Å². The number of halogens is 1. The van der Waals surface area contributed by atoms with E-state index < -0.39 is 0 Å². The molecule has 0 bridgehead atoms. The van der Waals surface area contributed by atoms with Gasteiger partial charge in [0.1, 0.15) is 5.65 Å². The van der Waals surface area contributed by atoms with Crippen molar-refractivity contribution in [3.63, 3.8) is 0 Å². The van der Waals surface area contributed by atoms with Crippen LogP contribution < -0.4 is 15.0 Å². The van der Waals surface area contributed by atoms with Crippen LogP contribution in [0.25, 0.3) is 16.8 Å². The first-order valence-electron chi connectivity index (χ1n) is 6.53. The van der Waals surface area contributed by atoms with Crippen molar-refractivity contribution in [1.82, 2.24) is 9.38 Å². The first-order chi connectivity index (χ1) is 10.6. The van der Waals surface area contributed by atoms with E-state index in [1.54, 1.807) is 50.7 Å². The second kappa shape index (κ2) is 5.69. The number of ether oxygens (including phenoxy) is 2. The van der Waals surface area contributed by atoms with Gasteiger partial charge in [0.15, 0.2) is 11.5 Å². The van der Waals surface area contributed by atoms with Gasteiger partial charge >= 0.3 is 0 Å². The summed E-state index contributed by atoms with van der Waals surface area (Å²) in [5.74, 6) is 1.16. The number of pyridine rings is 1. The molecule has 2 aromatic heterocycles. The first kappa shape index (κ1) is 14.4. The number of hydrogen-bond acceptors (Lipinski definition) is 4. The van der Waals surface area contributed by atoms with E-state index in [1.807, 2.05) is 0 Å². The lowest BCUT2D eigenvalue weighted by molar-refractivity contribution is 0.355. The van der Waals surface area contributed by atoms with Gasteiger partial charge < -0.3 is 9.47 Å². The third-order valence-electron chi connectivity index (χ3n) is 3.37. The fraction of sp³-hybridized carbons (Fsp3) is 0.125. The molecule has 0 saturated carbocycles. The van der Waals surface area contributed by atoms with Crippen LogP contribution in [-0.2, 0) is 0 Å². The number of nitrogens with zero attached hydrogens (tertiary/aromatic N) is 2. The summed E-state index contributed by atoms with van der Waals surface area (Å²) in [5.41, 5.74) is 1.51. The Balaban J connectivity index is 2.20. The fourth-order valence-corrected chi connectivity index (χ4v) is 2.41. The normalized spacial score (nSPS) is 10.7. The Morgan fingerprint density at radius 3 is 2.59 bits per heavy atom. The van der Waals surface area contributed by atoms with Gasteiger partial charge in [-0.2, -0.15) is 0 Å². The first-order valence-corrected chi connectivity index (χ1v) is 6.91. The Kier molecular flexibility index (Phi) is 3.73. The lowest BCUT2D eigenvalue weighted by Crippen LogP contribution is -2.16. The second-order valence-electron chi connectivity index (χ2n) is 4.62. The summed E-state index contributed by atoms with van der Waals surface area (Å²) in [6.07, 6.45) is 3.15. The highest BCUT2D eigenvalue weighted by Gasteiger charge is 2.11. The Hall–Kier alpha value is -2.53. The summed E-state index contributed by atoms with van der Waals surface area (Å²) in [6.45, 7) is 0. The van der Waals surface area contributed by atoms with Gasteiger partial charge in [-0.1, -0.05) is 17.7 Å². The van der Waals surface area contributed by atoms with Crippen LogP contribution in [0.4, 0.5) is 0 Å². The highest BCUT2D eigenvalue weighted by atomic mass is 35.5. The average Bonchev–Trinajstić information content (AvgIpc) is 2.54. The number of benzene rings is 1. The number of rotatable bonds is 3. The summed E-state index contributed by atoms with van der Waals surface area (Å²) in [6, 6.07) is 8.59. The van der Waals surface area contributed by atoms with Gasteiger partial charge in [0.25, 0.3) is 5.56 Å². The zero-order valence-electron chi connectivity index (χ0n) is 12.0. The molecule has 112 valence electrons. The van der Waals surface area contributed by atoms with E-state index in [9.17, 15) is 4.79 Å². The number of fused-ring (bicyclic) bond motifs is 1. The largest absolute Gasteiger partial charge is 0.493 e. The molecule has 5 nitrogen and oxygen atoms in total. The summed E-state index contributed by atoms with van der Waals surface area (Å²) >= 11 is 5.91. The molecule has 0 unspecified atom stereocenters. The van der Waals surface area contributed by atoms with Gasteiger partial charge in [0.05, 0.1) is 19.8 Å². The van der Waals surface area contributed by atoms with Gasteiger partial charge in [0.2, 0.25) is 0 Å². The van der Waals surface area contributed by atoms with Crippen LogP contribution in [-0.4, -0.2) is 23.6 Å². The van der Waals surface area contributed by atoms with Crippen LogP contribution in [0.3, 0.4) is 0 Å². The molecule has 22 heavy (non-hydrogen) atoms. The lowest BCUT2D eigenvalue weighted by Gasteiger charge is -2.10. The Morgan fingerprint density at radius 1 is 1.09 bits per heavy atom. The molecule has 1 aromatic carbocycles. The predicted octanol–water partition coefficient (Wildman–Crippen LogP) is 3.03. The zero-order valence-corrected chi connectivity index (χ0v) is 12.8. The Morgan fingerprint density at radius 2 is 1.86 bits per heavy atom. The molecule has 0 fully saturated rings. The summed E-state index contributed by atoms with van der Waals surface area (Å²) in [7, 11) is 3.11. The van der Waals surface area contributed by atoms with Crippen LogP contribution >= 0.6 is 11.6 Å². The van der Waals surface area contributed by atoms with Gasteiger partial charge in [-0.3, -0.25) is 9.20 Å². The molecule has 0 radical (unpaired) electrons. The van der Waals surface area contributed by atoms with Crippen LogP contribution in [0.5, 0.6) is 11.5 Å². The number of methoxy groups -OCH3 is 2. The molecule has 0 aliphatic rings. The van der Waals surface area contributed by atoms with E-state index >= 15 is 0 Å². The topological polar surface area (TPSA) is 52.8 Å². The van der Waals surface area contributed by atoms with Crippen LogP contribution in [0.1, 0.15) is 0 Å². The van der Waals surface area contributed by atoms with E-state index in [0.29, 0.717) is 33.3 Å². The van der Waals surface area contributed by atoms with E-state index in [4.69, 9.17) is 21.1 Å². The summed E-state index contributed by atoms with van der Waals surface area (Å²) in [4.78, 5) is 16.9. The molecule has 3 aromatic rings. The fourth-order valence-electron chi connectivity index (χ4n) is 2.25. The molecular weight excluding hydrogens is 304 g/mol. The van der Waals surface area contributed by atoms with E-state index in [0.717, 1.165) is 0 Å². The van der Waals surface area contributed by atoms with Crippen molar-refractivity contribution in [3.05, 3.63) is 58.1 Å². The van der Waals surface area contributed by atoms with E-state index in [1.165, 1.54) is 10.6 Å². The minimum Gasteiger partial charge on any atom is -0.493 e. The molecule has 0 spiro atoms. The number of aromatic nitrogens is 2. The van der Waals surface area contributed by atoms with Crippen LogP contribution in [0.15, 0.2) is 47.5 Å². The maximum Gasteiger partial charge on any atom is 0.265 e. The van der Waals surface area contributed by atoms with Crippen LogP contribution in [0.2, 0.25) is 5.02 Å². The quantitative estimate of drug-likeness (QED) is 0.745. The van der Waals surface area contributed by atoms with Crippen molar-refractivity contribution in [1.29, 1.82) is 0 Å². The Bertz CT molecular complexity index is 906. The minimum absolute atomic E-state index is 0.172. The highest BCUT2D eigenvalue weighted by Crippen LogP contribution is 2.31. The molecule has 0 saturated heterocycles. The second-order valence-corrected chi connectivity index (χ2v) is 5.06. The molecule has 0 N–H and O–H groups in total. The smallest absolute Gasteiger partial charge is 0.265 e.